The van der Waals surface area contributed by atoms with E-state index >= 15 is 0 Å². The molecule has 5 aromatic rings. The summed E-state index contributed by atoms with van der Waals surface area (Å²) in [5, 5.41) is 0. The first-order valence-corrected chi connectivity index (χ1v) is 11.8. The van der Waals surface area contributed by atoms with E-state index in [0.717, 1.165) is 27.1 Å². The summed E-state index contributed by atoms with van der Waals surface area (Å²) in [6.07, 6.45) is 0.922. The smallest absolute Gasteiger partial charge is 0.160 e. The monoisotopic (exact) mass is 436 g/mol. The number of fused-ring (bicyclic) bond motifs is 10. The van der Waals surface area contributed by atoms with Gasteiger partial charge in [0.05, 0.1) is 10.3 Å². The lowest BCUT2D eigenvalue weighted by atomic mass is 9.69. The van der Waals surface area contributed by atoms with Crippen LogP contribution in [0.15, 0.2) is 97.1 Å². The average Bonchev–Trinajstić information content (AvgIpc) is 3.53. The van der Waals surface area contributed by atoms with Crippen LogP contribution in [0.25, 0.3) is 32.7 Å². The van der Waals surface area contributed by atoms with E-state index in [2.05, 4.69) is 78.9 Å². The van der Waals surface area contributed by atoms with Crippen molar-refractivity contribution in [3.63, 3.8) is 0 Å². The molecule has 33 heavy (non-hydrogen) atoms. The number of hydrogen-bond acceptors (Lipinski definition) is 2. The molecule has 0 N–H and O–H groups in total. The first kappa shape index (κ1) is 18.8. The third kappa shape index (κ3) is 2.35. The minimum absolute atomic E-state index is 0.409. The molecule has 1 heterocycles. The molecule has 152 valence electrons. The fourth-order valence-corrected chi connectivity index (χ4v) is 6.70. The third-order valence-corrected chi connectivity index (χ3v) is 8.20. The van der Waals surface area contributed by atoms with Gasteiger partial charge in [0.25, 0.3) is 0 Å². The first-order chi connectivity index (χ1) is 16.2. The second-order valence-corrected chi connectivity index (χ2v) is 9.84. The zero-order valence-electron chi connectivity index (χ0n) is 17.7. The van der Waals surface area contributed by atoms with Gasteiger partial charge in [-0.25, -0.2) is 0 Å². The average molecular weight is 436 g/mol. The van der Waals surface area contributed by atoms with E-state index in [4.69, 9.17) is 7.85 Å². The Balaban J connectivity index is 1.62. The van der Waals surface area contributed by atoms with Gasteiger partial charge in [-0.1, -0.05) is 84.3 Å². The fourth-order valence-electron chi connectivity index (χ4n) is 5.88. The molecule has 0 saturated heterocycles. The van der Waals surface area contributed by atoms with Crippen molar-refractivity contribution in [2.24, 2.45) is 0 Å². The van der Waals surface area contributed by atoms with Crippen LogP contribution in [0, 0.1) is 0 Å². The van der Waals surface area contributed by atoms with Crippen molar-refractivity contribution >= 4 is 30.9 Å². The normalized spacial score (nSPS) is 13.9. The molecule has 0 saturated carbocycles. The van der Waals surface area contributed by atoms with Crippen molar-refractivity contribution in [3.05, 3.63) is 124 Å². The van der Waals surface area contributed by atoms with Gasteiger partial charge in [-0.05, 0) is 68.3 Å². The number of hydrogen-bond donors (Lipinski definition) is 0. The van der Waals surface area contributed by atoms with Gasteiger partial charge in [-0.3, -0.25) is 4.79 Å². The highest BCUT2D eigenvalue weighted by atomic mass is 32.1. The molecule has 0 atom stereocenters. The molecule has 2 aliphatic carbocycles. The molecule has 7 rings (SSSR count). The summed E-state index contributed by atoms with van der Waals surface area (Å²) in [5.74, 6) is 0. The van der Waals surface area contributed by atoms with Crippen LogP contribution in [-0.4, -0.2) is 14.1 Å². The molecule has 3 heteroatoms. The molecule has 2 aliphatic rings. The van der Waals surface area contributed by atoms with Crippen LogP contribution >= 0.6 is 11.3 Å². The van der Waals surface area contributed by atoms with Gasteiger partial charge in [0.2, 0.25) is 0 Å². The molecule has 1 aromatic heterocycles. The highest BCUT2D eigenvalue weighted by Gasteiger charge is 2.51. The van der Waals surface area contributed by atoms with Crippen LogP contribution < -0.4 is 5.46 Å². The zero-order valence-corrected chi connectivity index (χ0v) is 18.5. The lowest BCUT2D eigenvalue weighted by Gasteiger charge is -2.31. The summed E-state index contributed by atoms with van der Waals surface area (Å²) in [7, 11) is 6.36. The van der Waals surface area contributed by atoms with Gasteiger partial charge in [0.15, 0.2) is 6.29 Å². The molecule has 1 nitrogen and oxygen atoms in total. The van der Waals surface area contributed by atoms with Crippen molar-refractivity contribution in [2.75, 3.05) is 0 Å². The molecule has 2 radical (unpaired) electrons. The van der Waals surface area contributed by atoms with Crippen LogP contribution in [0.4, 0.5) is 0 Å². The minimum Gasteiger partial charge on any atom is -0.297 e. The molecule has 1 spiro atoms. The van der Waals surface area contributed by atoms with Gasteiger partial charge < -0.3 is 0 Å². The van der Waals surface area contributed by atoms with E-state index in [9.17, 15) is 4.79 Å². The van der Waals surface area contributed by atoms with Crippen LogP contribution in [0.2, 0.25) is 0 Å². The van der Waals surface area contributed by atoms with Gasteiger partial charge >= 0.3 is 0 Å². The largest absolute Gasteiger partial charge is 0.297 e. The number of rotatable bonds is 2. The number of thiophene rings is 1. The molecule has 0 bridgehead atoms. The standard InChI is InChI=1S/C30H17BOS/c31-19-10-13-24-23-12-9-18(29-14-11-20(17-32)33-29)15-27(23)30(28(24)16-19)25-7-3-1-5-21(25)22-6-2-4-8-26(22)30/h1-17H. The Kier molecular flexibility index (Phi) is 3.80. The highest BCUT2D eigenvalue weighted by Crippen LogP contribution is 2.62. The van der Waals surface area contributed by atoms with Crippen molar-refractivity contribution in [1.82, 2.24) is 0 Å². The van der Waals surface area contributed by atoms with Crippen LogP contribution in [0.1, 0.15) is 31.9 Å². The Hall–Kier alpha value is -3.69. The van der Waals surface area contributed by atoms with E-state index in [1.807, 2.05) is 18.2 Å². The van der Waals surface area contributed by atoms with Gasteiger partial charge in [0.1, 0.15) is 7.85 Å². The zero-order chi connectivity index (χ0) is 22.2. The first-order valence-electron chi connectivity index (χ1n) is 11.0. The molecule has 0 amide bonds. The second kappa shape index (κ2) is 6.66. The summed E-state index contributed by atoms with van der Waals surface area (Å²) >= 11 is 1.53. The number of carbonyl (C=O) groups is 1. The fraction of sp³-hybridized carbons (Fsp3) is 0.0333. The van der Waals surface area contributed by atoms with E-state index in [1.54, 1.807) is 0 Å². The second-order valence-electron chi connectivity index (χ2n) is 8.73. The van der Waals surface area contributed by atoms with Crippen molar-refractivity contribution < 1.29 is 4.79 Å². The van der Waals surface area contributed by atoms with E-state index in [-0.39, 0.29) is 0 Å². The maximum atomic E-state index is 11.3. The lowest BCUT2D eigenvalue weighted by Crippen LogP contribution is -2.27. The van der Waals surface area contributed by atoms with E-state index in [1.165, 1.54) is 55.8 Å². The Labute approximate surface area is 197 Å². The predicted molar refractivity (Wildman–Crippen MR) is 137 cm³/mol. The topological polar surface area (TPSA) is 17.1 Å². The number of aldehydes is 1. The Morgan fingerprint density at radius 1 is 0.636 bits per heavy atom. The molecule has 4 aromatic carbocycles. The van der Waals surface area contributed by atoms with Crippen molar-refractivity contribution in [1.29, 1.82) is 0 Å². The Bertz CT molecular complexity index is 1560. The number of benzene rings is 4. The number of carbonyl (C=O) groups excluding carboxylic acids is 1. The van der Waals surface area contributed by atoms with E-state index < -0.39 is 5.41 Å². The maximum Gasteiger partial charge on any atom is 0.160 e. The quantitative estimate of drug-likeness (QED) is 0.228. The minimum atomic E-state index is -0.409. The molecule has 0 fully saturated rings. The summed E-state index contributed by atoms with van der Waals surface area (Å²) in [5.41, 5.74) is 11.6. The summed E-state index contributed by atoms with van der Waals surface area (Å²) < 4.78 is 0. The van der Waals surface area contributed by atoms with Gasteiger partial charge in [0, 0.05) is 4.88 Å². The van der Waals surface area contributed by atoms with E-state index in [0.29, 0.717) is 0 Å². The van der Waals surface area contributed by atoms with Gasteiger partial charge in [-0.15, -0.1) is 11.3 Å². The predicted octanol–water partition coefficient (Wildman–Crippen LogP) is 6.36. The van der Waals surface area contributed by atoms with Crippen LogP contribution in [0.3, 0.4) is 0 Å². The third-order valence-electron chi connectivity index (χ3n) is 7.14. The molecule has 0 aliphatic heterocycles. The Morgan fingerprint density at radius 2 is 1.24 bits per heavy atom. The van der Waals surface area contributed by atoms with Gasteiger partial charge in [-0.2, -0.15) is 0 Å². The Morgan fingerprint density at radius 3 is 1.91 bits per heavy atom. The summed E-state index contributed by atoms with van der Waals surface area (Å²) in [6.45, 7) is 0. The molecular formula is C30H17BOS. The van der Waals surface area contributed by atoms with Crippen molar-refractivity contribution in [2.45, 2.75) is 5.41 Å². The van der Waals surface area contributed by atoms with Crippen LogP contribution in [0.5, 0.6) is 0 Å². The highest BCUT2D eigenvalue weighted by molar-refractivity contribution is 7.17. The SMILES string of the molecule is [B]c1ccc2c(c1)C1(c3ccccc3-c3ccccc31)c1cc(-c3ccc(C=O)s3)ccc1-2. The molecule has 0 unspecified atom stereocenters. The van der Waals surface area contributed by atoms with Crippen molar-refractivity contribution in [3.8, 4) is 32.7 Å². The lowest BCUT2D eigenvalue weighted by molar-refractivity contribution is 0.112. The maximum absolute atomic E-state index is 11.3. The summed E-state index contributed by atoms with van der Waals surface area (Å²) in [6, 6.07) is 34.5. The molecular weight excluding hydrogens is 419 g/mol. The van der Waals surface area contributed by atoms with Crippen LogP contribution in [-0.2, 0) is 5.41 Å². The summed E-state index contributed by atoms with van der Waals surface area (Å²) in [4.78, 5) is 13.1.